The van der Waals surface area contributed by atoms with Crippen LogP contribution in [0.5, 0.6) is 5.75 Å². The molecule has 0 radical (unpaired) electrons. The lowest BCUT2D eigenvalue weighted by molar-refractivity contribution is -0.142. The zero-order valence-corrected chi connectivity index (χ0v) is 13.9. The number of halogens is 1. The van der Waals surface area contributed by atoms with Crippen molar-refractivity contribution in [3.8, 4) is 5.75 Å². The number of carboxylic acids is 1. The number of benzene rings is 1. The number of hydrogen-bond donors (Lipinski definition) is 1. The molecule has 2 heterocycles. The Morgan fingerprint density at radius 3 is 2.88 bits per heavy atom. The maximum absolute atomic E-state index is 12.3. The van der Waals surface area contributed by atoms with E-state index in [1.165, 1.54) is 4.90 Å². The van der Waals surface area contributed by atoms with Crippen molar-refractivity contribution < 1.29 is 19.4 Å². The van der Waals surface area contributed by atoms with Crippen LogP contribution in [0.2, 0.25) is 5.02 Å². The van der Waals surface area contributed by atoms with Crippen molar-refractivity contribution in [1.82, 2.24) is 9.88 Å². The average Bonchev–Trinajstić information content (AvgIpc) is 2.96. The summed E-state index contributed by atoms with van der Waals surface area (Å²) in [5.74, 6) is -1.21. The van der Waals surface area contributed by atoms with Crippen LogP contribution in [0, 0.1) is 11.8 Å². The molecule has 1 aliphatic heterocycles. The second kappa shape index (κ2) is 6.65. The van der Waals surface area contributed by atoms with Crippen molar-refractivity contribution in [3.63, 3.8) is 0 Å². The molecule has 1 fully saturated rings. The average molecular weight is 349 g/mol. The first kappa shape index (κ1) is 16.5. The van der Waals surface area contributed by atoms with Crippen LogP contribution in [0.4, 0.5) is 0 Å². The van der Waals surface area contributed by atoms with Gasteiger partial charge in [0.15, 0.2) is 6.61 Å². The molecule has 0 aliphatic carbocycles. The number of pyridine rings is 1. The maximum atomic E-state index is 12.3. The van der Waals surface area contributed by atoms with Gasteiger partial charge in [-0.1, -0.05) is 18.5 Å². The zero-order valence-electron chi connectivity index (χ0n) is 13.1. The number of rotatable bonds is 4. The van der Waals surface area contributed by atoms with Gasteiger partial charge >= 0.3 is 5.97 Å². The van der Waals surface area contributed by atoms with Gasteiger partial charge in [0.25, 0.3) is 5.91 Å². The predicted molar refractivity (Wildman–Crippen MR) is 89.1 cm³/mol. The van der Waals surface area contributed by atoms with Crippen LogP contribution in [0.25, 0.3) is 10.9 Å². The highest BCUT2D eigenvalue weighted by molar-refractivity contribution is 6.35. The Balaban J connectivity index is 1.70. The molecule has 1 aromatic carbocycles. The van der Waals surface area contributed by atoms with Crippen molar-refractivity contribution in [2.45, 2.75) is 6.92 Å². The number of nitrogens with zero attached hydrogens (tertiary/aromatic N) is 2. The number of aliphatic carboxylic acids is 1. The smallest absolute Gasteiger partial charge is 0.308 e. The molecule has 7 heteroatoms. The monoisotopic (exact) mass is 348 g/mol. The molecule has 1 N–H and O–H groups in total. The Hall–Kier alpha value is -2.34. The van der Waals surface area contributed by atoms with Crippen LogP contribution in [-0.2, 0) is 9.59 Å². The highest BCUT2D eigenvalue weighted by Crippen LogP contribution is 2.30. The molecule has 126 valence electrons. The number of likely N-dealkylation sites (tertiary alicyclic amines) is 1. The second-order valence-electron chi connectivity index (χ2n) is 5.95. The number of carbonyl (C=O) groups is 2. The molecule has 6 nitrogen and oxygen atoms in total. The summed E-state index contributed by atoms with van der Waals surface area (Å²) in [6, 6.07) is 6.99. The summed E-state index contributed by atoms with van der Waals surface area (Å²) < 4.78 is 5.62. The number of fused-ring (bicyclic) bond motifs is 1. The van der Waals surface area contributed by atoms with Gasteiger partial charge in [-0.05, 0) is 30.2 Å². The van der Waals surface area contributed by atoms with Crippen molar-refractivity contribution in [2.24, 2.45) is 11.8 Å². The van der Waals surface area contributed by atoms with E-state index < -0.39 is 11.9 Å². The van der Waals surface area contributed by atoms with Crippen LogP contribution >= 0.6 is 11.6 Å². The minimum absolute atomic E-state index is 0.0653. The van der Waals surface area contributed by atoms with E-state index >= 15 is 0 Å². The van der Waals surface area contributed by atoms with Crippen LogP contribution in [0.1, 0.15) is 6.92 Å². The first-order chi connectivity index (χ1) is 11.5. The van der Waals surface area contributed by atoms with Gasteiger partial charge in [0.1, 0.15) is 11.3 Å². The molecule has 0 bridgehead atoms. The summed E-state index contributed by atoms with van der Waals surface area (Å²) in [5.41, 5.74) is 0.594. The highest BCUT2D eigenvalue weighted by atomic mass is 35.5. The second-order valence-corrected chi connectivity index (χ2v) is 6.36. The number of ether oxygens (including phenoxy) is 1. The van der Waals surface area contributed by atoms with E-state index in [0.29, 0.717) is 22.8 Å². The Morgan fingerprint density at radius 1 is 1.38 bits per heavy atom. The summed E-state index contributed by atoms with van der Waals surface area (Å²) in [4.78, 5) is 29.2. The topological polar surface area (TPSA) is 79.7 Å². The van der Waals surface area contributed by atoms with Crippen LogP contribution in [-0.4, -0.2) is 46.6 Å². The van der Waals surface area contributed by atoms with Gasteiger partial charge in [0.05, 0.1) is 10.9 Å². The number of carboxylic acid groups (broad SMARTS) is 1. The van der Waals surface area contributed by atoms with Gasteiger partial charge in [0, 0.05) is 24.7 Å². The summed E-state index contributed by atoms with van der Waals surface area (Å²) in [6.07, 6.45) is 1.63. The van der Waals surface area contributed by atoms with Crippen molar-refractivity contribution in [1.29, 1.82) is 0 Å². The lowest BCUT2D eigenvalue weighted by Gasteiger charge is -2.16. The van der Waals surface area contributed by atoms with E-state index in [2.05, 4.69) is 4.98 Å². The molecule has 0 saturated carbocycles. The minimum atomic E-state index is -0.869. The molecule has 3 rings (SSSR count). The van der Waals surface area contributed by atoms with Crippen LogP contribution in [0.3, 0.4) is 0 Å². The van der Waals surface area contributed by atoms with E-state index in [0.717, 1.165) is 5.39 Å². The summed E-state index contributed by atoms with van der Waals surface area (Å²) >= 11 is 6.13. The first-order valence-corrected chi connectivity index (χ1v) is 8.01. The van der Waals surface area contributed by atoms with Crippen LogP contribution in [0.15, 0.2) is 30.5 Å². The van der Waals surface area contributed by atoms with E-state index in [-0.39, 0.29) is 25.0 Å². The Bertz CT molecular complexity index is 795. The van der Waals surface area contributed by atoms with Gasteiger partial charge in [-0.2, -0.15) is 0 Å². The highest BCUT2D eigenvalue weighted by Gasteiger charge is 2.36. The molecular weight excluding hydrogens is 332 g/mol. The molecular formula is C17H17ClN2O4. The number of amides is 1. The summed E-state index contributed by atoms with van der Waals surface area (Å²) in [6.45, 7) is 2.33. The molecule has 1 aromatic heterocycles. The maximum Gasteiger partial charge on any atom is 0.308 e. The Morgan fingerprint density at radius 2 is 2.17 bits per heavy atom. The summed E-state index contributed by atoms with van der Waals surface area (Å²) in [5, 5.41) is 10.5. The van der Waals surface area contributed by atoms with Crippen molar-refractivity contribution >= 4 is 34.4 Å². The standard InChI is InChI=1S/C17H17ClN2O4/c1-10-7-20(8-12(10)17(22)23)15(21)9-24-14-5-4-13(18)11-3-2-6-19-16(11)14/h2-6,10,12H,7-9H2,1H3,(H,22,23)/t10-,12-/m1/s1. The normalized spacial score (nSPS) is 20.3. The fraction of sp³-hybridized carbons (Fsp3) is 0.353. The molecule has 24 heavy (non-hydrogen) atoms. The zero-order chi connectivity index (χ0) is 17.3. The van der Waals surface area contributed by atoms with Crippen LogP contribution < -0.4 is 4.74 Å². The van der Waals surface area contributed by atoms with E-state index in [9.17, 15) is 9.59 Å². The first-order valence-electron chi connectivity index (χ1n) is 7.64. The molecule has 1 amide bonds. The lowest BCUT2D eigenvalue weighted by atomic mass is 9.99. The van der Waals surface area contributed by atoms with E-state index in [1.54, 1.807) is 24.4 Å². The van der Waals surface area contributed by atoms with Gasteiger partial charge in [-0.25, -0.2) is 0 Å². The molecule has 1 aliphatic rings. The molecule has 2 atom stereocenters. The van der Waals surface area contributed by atoms with Gasteiger partial charge in [-0.15, -0.1) is 0 Å². The van der Waals surface area contributed by atoms with Gasteiger partial charge < -0.3 is 14.7 Å². The number of aromatic nitrogens is 1. The van der Waals surface area contributed by atoms with Crippen molar-refractivity contribution in [2.75, 3.05) is 19.7 Å². The largest absolute Gasteiger partial charge is 0.481 e. The SMILES string of the molecule is C[C@@H]1CN(C(=O)COc2ccc(Cl)c3cccnc23)C[C@H]1C(=O)O. The number of hydrogen-bond acceptors (Lipinski definition) is 4. The predicted octanol–water partition coefficient (Wildman–Crippen LogP) is 2.45. The van der Waals surface area contributed by atoms with Gasteiger partial charge in [0.2, 0.25) is 0 Å². The van der Waals surface area contributed by atoms with Crippen molar-refractivity contribution in [3.05, 3.63) is 35.5 Å². The Labute approximate surface area is 144 Å². The molecule has 2 aromatic rings. The van der Waals surface area contributed by atoms with E-state index in [1.807, 2.05) is 13.0 Å². The third kappa shape index (κ3) is 3.14. The fourth-order valence-electron chi connectivity index (χ4n) is 2.95. The molecule has 0 unspecified atom stereocenters. The van der Waals surface area contributed by atoms with E-state index in [4.69, 9.17) is 21.4 Å². The minimum Gasteiger partial charge on any atom is -0.481 e. The summed E-state index contributed by atoms with van der Waals surface area (Å²) in [7, 11) is 0. The quantitative estimate of drug-likeness (QED) is 0.918. The third-order valence-corrected chi connectivity index (χ3v) is 4.64. The lowest BCUT2D eigenvalue weighted by Crippen LogP contribution is -2.33. The Kier molecular flexibility index (Phi) is 4.57. The number of carbonyl (C=O) groups excluding carboxylic acids is 1. The fourth-order valence-corrected chi connectivity index (χ4v) is 3.17. The molecule has 0 spiro atoms. The third-order valence-electron chi connectivity index (χ3n) is 4.31. The molecule has 1 saturated heterocycles. The van der Waals surface area contributed by atoms with Gasteiger partial charge in [-0.3, -0.25) is 14.6 Å².